The molecule has 3 aromatic rings. The van der Waals surface area contributed by atoms with Crippen LogP contribution in [0.4, 0.5) is 5.69 Å². The zero-order valence-electron chi connectivity index (χ0n) is 17.2. The van der Waals surface area contributed by atoms with E-state index in [1.807, 2.05) is 25.1 Å². The predicted molar refractivity (Wildman–Crippen MR) is 117 cm³/mol. The number of fused-ring (bicyclic) bond motifs is 1. The quantitative estimate of drug-likeness (QED) is 0.678. The Bertz CT molecular complexity index is 1160. The number of amides is 1. The van der Waals surface area contributed by atoms with Gasteiger partial charge in [0.25, 0.3) is 0 Å². The van der Waals surface area contributed by atoms with Crippen LogP contribution in [-0.2, 0) is 21.4 Å². The van der Waals surface area contributed by atoms with Gasteiger partial charge in [-0.15, -0.1) is 0 Å². The molecule has 2 aromatic carbocycles. The molecule has 1 aliphatic rings. The summed E-state index contributed by atoms with van der Waals surface area (Å²) in [6.07, 6.45) is 1.63. The molecule has 0 radical (unpaired) electrons. The molecule has 0 unspecified atom stereocenters. The van der Waals surface area contributed by atoms with Gasteiger partial charge in [0.2, 0.25) is 15.9 Å². The molecule has 1 fully saturated rings. The lowest BCUT2D eigenvalue weighted by atomic mass is 9.98. The SMILES string of the molecule is CC(=O)Nc1ccc(S(=O)(=O)N2CCC(Cn3c(C)nc4ccccc43)CC2)cc1. The smallest absolute Gasteiger partial charge is 0.243 e. The number of benzene rings is 2. The molecule has 0 aliphatic carbocycles. The fourth-order valence-electron chi connectivity index (χ4n) is 4.08. The van der Waals surface area contributed by atoms with Crippen LogP contribution in [0.1, 0.15) is 25.6 Å². The molecule has 0 atom stereocenters. The molecule has 4 rings (SSSR count). The van der Waals surface area contributed by atoms with Crippen molar-refractivity contribution in [3.63, 3.8) is 0 Å². The van der Waals surface area contributed by atoms with Gasteiger partial charge >= 0.3 is 0 Å². The lowest BCUT2D eigenvalue weighted by molar-refractivity contribution is -0.114. The van der Waals surface area contributed by atoms with E-state index >= 15 is 0 Å². The van der Waals surface area contributed by atoms with Crippen LogP contribution >= 0.6 is 0 Å². The van der Waals surface area contributed by atoms with Crippen LogP contribution in [0.2, 0.25) is 0 Å². The van der Waals surface area contributed by atoms with Crippen molar-refractivity contribution in [3.05, 3.63) is 54.4 Å². The second kappa shape index (κ2) is 8.20. The summed E-state index contributed by atoms with van der Waals surface area (Å²) in [5.41, 5.74) is 2.71. The number of hydrogen-bond acceptors (Lipinski definition) is 4. The first-order valence-electron chi connectivity index (χ1n) is 10.1. The number of sulfonamides is 1. The Kier molecular flexibility index (Phi) is 5.62. The van der Waals surface area contributed by atoms with Crippen molar-refractivity contribution >= 4 is 32.7 Å². The molecule has 1 amide bonds. The summed E-state index contributed by atoms with van der Waals surface area (Å²) in [7, 11) is -3.53. The van der Waals surface area contributed by atoms with Crippen molar-refractivity contribution in [3.8, 4) is 0 Å². The van der Waals surface area contributed by atoms with E-state index in [-0.39, 0.29) is 10.8 Å². The van der Waals surface area contributed by atoms with E-state index in [4.69, 9.17) is 0 Å². The first-order valence-corrected chi connectivity index (χ1v) is 11.6. The van der Waals surface area contributed by atoms with Crippen LogP contribution in [0.15, 0.2) is 53.4 Å². The lowest BCUT2D eigenvalue weighted by Gasteiger charge is -2.31. The van der Waals surface area contributed by atoms with Gasteiger partial charge in [-0.05, 0) is 62.1 Å². The fourth-order valence-corrected chi connectivity index (χ4v) is 5.55. The van der Waals surface area contributed by atoms with Gasteiger partial charge in [0, 0.05) is 32.2 Å². The largest absolute Gasteiger partial charge is 0.328 e. The van der Waals surface area contributed by atoms with E-state index in [1.54, 1.807) is 28.6 Å². The van der Waals surface area contributed by atoms with Gasteiger partial charge in [-0.25, -0.2) is 13.4 Å². The molecule has 158 valence electrons. The number of carbonyl (C=O) groups excluding carboxylic acids is 1. The molecule has 1 saturated heterocycles. The molecule has 0 spiro atoms. The highest BCUT2D eigenvalue weighted by molar-refractivity contribution is 7.89. The molecular weight excluding hydrogens is 400 g/mol. The third kappa shape index (κ3) is 4.11. The van der Waals surface area contributed by atoms with E-state index in [9.17, 15) is 13.2 Å². The normalized spacial score (nSPS) is 16.1. The third-order valence-electron chi connectivity index (χ3n) is 5.67. The maximum Gasteiger partial charge on any atom is 0.243 e. The summed E-state index contributed by atoms with van der Waals surface area (Å²) in [6.45, 7) is 5.30. The number of rotatable bonds is 5. The number of imidazole rings is 1. The van der Waals surface area contributed by atoms with Crippen molar-refractivity contribution in [2.75, 3.05) is 18.4 Å². The van der Waals surface area contributed by atoms with Crippen molar-refractivity contribution < 1.29 is 13.2 Å². The number of nitrogens with one attached hydrogen (secondary N) is 1. The lowest BCUT2D eigenvalue weighted by Crippen LogP contribution is -2.39. The first kappa shape index (κ1) is 20.6. The maximum absolute atomic E-state index is 13.0. The zero-order valence-corrected chi connectivity index (χ0v) is 18.0. The topological polar surface area (TPSA) is 84.3 Å². The van der Waals surface area contributed by atoms with E-state index in [1.165, 1.54) is 6.92 Å². The Morgan fingerprint density at radius 2 is 1.77 bits per heavy atom. The molecule has 0 saturated carbocycles. The van der Waals surface area contributed by atoms with Gasteiger partial charge in [0.05, 0.1) is 15.9 Å². The Morgan fingerprint density at radius 3 is 2.43 bits per heavy atom. The highest BCUT2D eigenvalue weighted by atomic mass is 32.2. The van der Waals surface area contributed by atoms with E-state index in [2.05, 4.69) is 20.9 Å². The van der Waals surface area contributed by atoms with Gasteiger partial charge in [-0.2, -0.15) is 4.31 Å². The molecule has 1 aromatic heterocycles. The Morgan fingerprint density at radius 1 is 1.10 bits per heavy atom. The molecule has 0 bridgehead atoms. The second-order valence-electron chi connectivity index (χ2n) is 7.81. The number of nitrogens with zero attached hydrogens (tertiary/aromatic N) is 3. The Hall–Kier alpha value is -2.71. The summed E-state index contributed by atoms with van der Waals surface area (Å²) in [5, 5.41) is 2.65. The number of hydrogen-bond donors (Lipinski definition) is 1. The minimum atomic E-state index is -3.53. The number of anilines is 1. The Balaban J connectivity index is 1.42. The molecule has 30 heavy (non-hydrogen) atoms. The molecule has 1 aliphatic heterocycles. The summed E-state index contributed by atoms with van der Waals surface area (Å²) in [6, 6.07) is 14.4. The van der Waals surface area contributed by atoms with Crippen LogP contribution in [0.25, 0.3) is 11.0 Å². The van der Waals surface area contributed by atoms with Crippen LogP contribution in [0.5, 0.6) is 0 Å². The van der Waals surface area contributed by atoms with E-state index < -0.39 is 10.0 Å². The van der Waals surface area contributed by atoms with Gasteiger partial charge in [-0.3, -0.25) is 4.79 Å². The van der Waals surface area contributed by atoms with Crippen LogP contribution in [0.3, 0.4) is 0 Å². The number of para-hydroxylation sites is 2. The van der Waals surface area contributed by atoms with Crippen molar-refractivity contribution in [1.82, 2.24) is 13.9 Å². The standard InChI is InChI=1S/C22H26N4O3S/c1-16-23-21-5-3-4-6-22(21)26(16)15-18-11-13-25(14-12-18)30(28,29)20-9-7-19(8-10-20)24-17(2)27/h3-10,18H,11-15H2,1-2H3,(H,24,27). The number of aryl methyl sites for hydroxylation is 1. The first-order chi connectivity index (χ1) is 14.3. The summed E-state index contributed by atoms with van der Waals surface area (Å²) >= 11 is 0. The maximum atomic E-state index is 13.0. The third-order valence-corrected chi connectivity index (χ3v) is 7.59. The van der Waals surface area contributed by atoms with Crippen LogP contribution < -0.4 is 5.32 Å². The average molecular weight is 427 g/mol. The highest BCUT2D eigenvalue weighted by Crippen LogP contribution is 2.27. The van der Waals surface area contributed by atoms with Crippen molar-refractivity contribution in [1.29, 1.82) is 0 Å². The number of carbonyl (C=O) groups is 1. The Labute approximate surface area is 176 Å². The highest BCUT2D eigenvalue weighted by Gasteiger charge is 2.29. The monoisotopic (exact) mass is 426 g/mol. The van der Waals surface area contributed by atoms with Gasteiger partial charge < -0.3 is 9.88 Å². The van der Waals surface area contributed by atoms with E-state index in [0.717, 1.165) is 36.2 Å². The molecule has 2 heterocycles. The summed E-state index contributed by atoms with van der Waals surface area (Å²) in [4.78, 5) is 16.0. The number of piperidine rings is 1. The zero-order chi connectivity index (χ0) is 21.3. The van der Waals surface area contributed by atoms with Gasteiger partial charge in [0.15, 0.2) is 0 Å². The van der Waals surface area contributed by atoms with Crippen LogP contribution in [-0.4, -0.2) is 41.3 Å². The molecular formula is C22H26N4O3S. The minimum absolute atomic E-state index is 0.186. The second-order valence-corrected chi connectivity index (χ2v) is 9.75. The van der Waals surface area contributed by atoms with Crippen molar-refractivity contribution in [2.24, 2.45) is 5.92 Å². The van der Waals surface area contributed by atoms with Crippen molar-refractivity contribution in [2.45, 2.75) is 38.1 Å². The summed E-state index contributed by atoms with van der Waals surface area (Å²) < 4.78 is 29.8. The van der Waals surface area contributed by atoms with E-state index in [0.29, 0.717) is 24.7 Å². The van der Waals surface area contributed by atoms with Gasteiger partial charge in [-0.1, -0.05) is 12.1 Å². The molecule has 1 N–H and O–H groups in total. The predicted octanol–water partition coefficient (Wildman–Crippen LogP) is 3.40. The molecule has 7 nitrogen and oxygen atoms in total. The fraction of sp³-hybridized carbons (Fsp3) is 0.364. The summed E-state index contributed by atoms with van der Waals surface area (Å²) in [5.74, 6) is 1.22. The van der Waals surface area contributed by atoms with Crippen LogP contribution in [0, 0.1) is 12.8 Å². The molecule has 8 heteroatoms. The van der Waals surface area contributed by atoms with Gasteiger partial charge in [0.1, 0.15) is 5.82 Å². The average Bonchev–Trinajstić information content (AvgIpc) is 3.04. The minimum Gasteiger partial charge on any atom is -0.328 e. The number of aromatic nitrogens is 2.